The number of unbranched alkanes of at least 4 members (excludes halogenated alkanes) is 2. The molecule has 0 fully saturated rings. The highest BCUT2D eigenvalue weighted by Gasteiger charge is 2.02. The van der Waals surface area contributed by atoms with E-state index in [9.17, 15) is 0 Å². The van der Waals surface area contributed by atoms with Gasteiger partial charge in [-0.2, -0.15) is 0 Å². The maximum Gasteiger partial charge on any atom is 0.0369 e. The quantitative estimate of drug-likeness (QED) is 0.480. The van der Waals surface area contributed by atoms with Crippen LogP contribution in [0.2, 0.25) is 0 Å². The average Bonchev–Trinajstić information content (AvgIpc) is 2.29. The fraction of sp³-hybridized carbons (Fsp3) is 0.429. The lowest BCUT2D eigenvalue weighted by molar-refractivity contribution is 0.693. The fourth-order valence-corrected chi connectivity index (χ4v) is 1.67. The van der Waals surface area contributed by atoms with E-state index in [1.807, 2.05) is 6.08 Å². The number of nitrogens with zero attached hydrogens (tertiary/aromatic N) is 1. The summed E-state index contributed by atoms with van der Waals surface area (Å²) in [5, 5.41) is 0. The number of rotatable bonds is 7. The van der Waals surface area contributed by atoms with E-state index >= 15 is 0 Å². The van der Waals surface area contributed by atoms with E-state index in [4.69, 9.17) is 0 Å². The zero-order chi connectivity index (χ0) is 10.9. The van der Waals surface area contributed by atoms with E-state index in [1.165, 1.54) is 24.9 Å². The number of para-hydroxylation sites is 1. The summed E-state index contributed by atoms with van der Waals surface area (Å²) in [5.41, 5.74) is 1.30. The minimum absolute atomic E-state index is 0.938. The molecule has 82 valence electrons. The molecular weight excluding hydrogens is 182 g/mol. The van der Waals surface area contributed by atoms with Gasteiger partial charge in [-0.05, 0) is 18.6 Å². The van der Waals surface area contributed by atoms with E-state index in [2.05, 4.69) is 48.7 Å². The van der Waals surface area contributed by atoms with Gasteiger partial charge >= 0.3 is 0 Å². The molecule has 0 aliphatic carbocycles. The Hall–Kier alpha value is -1.24. The van der Waals surface area contributed by atoms with Crippen LogP contribution in [0.4, 0.5) is 5.69 Å². The van der Waals surface area contributed by atoms with Crippen molar-refractivity contribution in [2.24, 2.45) is 0 Å². The molecule has 0 aliphatic heterocycles. The zero-order valence-electron chi connectivity index (χ0n) is 9.65. The Balaban J connectivity index is 2.53. The third-order valence-electron chi connectivity index (χ3n) is 2.50. The lowest BCUT2D eigenvalue weighted by Crippen LogP contribution is -2.24. The molecular formula is C14H21N. The molecule has 0 atom stereocenters. The molecule has 1 heteroatoms. The number of hydrogen-bond donors (Lipinski definition) is 0. The molecule has 0 heterocycles. The Labute approximate surface area is 93.4 Å². The largest absolute Gasteiger partial charge is 0.368 e. The molecule has 0 saturated heterocycles. The number of anilines is 1. The molecule has 0 saturated carbocycles. The number of hydrogen-bond acceptors (Lipinski definition) is 1. The summed E-state index contributed by atoms with van der Waals surface area (Å²) in [7, 11) is 0. The molecule has 0 radical (unpaired) electrons. The molecule has 0 spiro atoms. The molecule has 15 heavy (non-hydrogen) atoms. The molecule has 0 aromatic heterocycles. The summed E-state index contributed by atoms with van der Waals surface area (Å²) in [6.07, 6.45) is 5.81. The first-order chi connectivity index (χ1) is 7.38. The summed E-state index contributed by atoms with van der Waals surface area (Å²) in [6.45, 7) is 8.12. The Morgan fingerprint density at radius 2 is 1.93 bits per heavy atom. The molecule has 0 unspecified atom stereocenters. The highest BCUT2D eigenvalue weighted by atomic mass is 15.1. The Kier molecular flexibility index (Phi) is 5.60. The lowest BCUT2D eigenvalue weighted by atomic mass is 10.2. The molecule has 0 amide bonds. The zero-order valence-corrected chi connectivity index (χ0v) is 9.65. The molecule has 1 rings (SSSR count). The van der Waals surface area contributed by atoms with Crippen LogP contribution in [0.15, 0.2) is 43.0 Å². The van der Waals surface area contributed by atoms with Gasteiger partial charge in [0.05, 0.1) is 0 Å². The van der Waals surface area contributed by atoms with Gasteiger partial charge < -0.3 is 4.90 Å². The minimum atomic E-state index is 0.938. The van der Waals surface area contributed by atoms with Crippen molar-refractivity contribution in [1.82, 2.24) is 0 Å². The van der Waals surface area contributed by atoms with Crippen molar-refractivity contribution in [1.29, 1.82) is 0 Å². The van der Waals surface area contributed by atoms with Crippen LogP contribution in [0.5, 0.6) is 0 Å². The van der Waals surface area contributed by atoms with Gasteiger partial charge in [0.25, 0.3) is 0 Å². The summed E-state index contributed by atoms with van der Waals surface area (Å²) >= 11 is 0. The highest BCUT2D eigenvalue weighted by molar-refractivity contribution is 5.46. The second-order valence-electron chi connectivity index (χ2n) is 3.78. The van der Waals surface area contributed by atoms with Gasteiger partial charge in [-0.1, -0.05) is 44.0 Å². The van der Waals surface area contributed by atoms with Crippen molar-refractivity contribution in [2.45, 2.75) is 26.2 Å². The van der Waals surface area contributed by atoms with E-state index < -0.39 is 0 Å². The van der Waals surface area contributed by atoms with Gasteiger partial charge in [-0.25, -0.2) is 0 Å². The van der Waals surface area contributed by atoms with Crippen LogP contribution < -0.4 is 4.90 Å². The van der Waals surface area contributed by atoms with E-state index in [0.717, 1.165) is 13.1 Å². The maximum atomic E-state index is 3.81. The smallest absolute Gasteiger partial charge is 0.0369 e. The van der Waals surface area contributed by atoms with Crippen molar-refractivity contribution >= 4 is 5.69 Å². The van der Waals surface area contributed by atoms with Gasteiger partial charge in [-0.15, -0.1) is 6.58 Å². The number of benzene rings is 1. The van der Waals surface area contributed by atoms with E-state index in [0.29, 0.717) is 0 Å². The first kappa shape index (κ1) is 11.8. The predicted octanol–water partition coefficient (Wildman–Crippen LogP) is 3.87. The van der Waals surface area contributed by atoms with Crippen molar-refractivity contribution < 1.29 is 0 Å². The molecule has 1 aromatic rings. The van der Waals surface area contributed by atoms with Crippen LogP contribution in [0.3, 0.4) is 0 Å². The van der Waals surface area contributed by atoms with Crippen LogP contribution in [-0.2, 0) is 0 Å². The average molecular weight is 203 g/mol. The maximum absolute atomic E-state index is 3.81. The SMILES string of the molecule is C=CCN(CCCCC)c1ccccc1. The standard InChI is InChI=1S/C14H21N/c1-3-5-9-13-15(12-4-2)14-10-7-6-8-11-14/h4,6-8,10-11H,2-3,5,9,12-13H2,1H3. The van der Waals surface area contributed by atoms with Crippen LogP contribution in [0.25, 0.3) is 0 Å². The van der Waals surface area contributed by atoms with Crippen LogP contribution in [0.1, 0.15) is 26.2 Å². The highest BCUT2D eigenvalue weighted by Crippen LogP contribution is 2.14. The predicted molar refractivity (Wildman–Crippen MR) is 68.4 cm³/mol. The van der Waals surface area contributed by atoms with Crippen LogP contribution in [0, 0.1) is 0 Å². The van der Waals surface area contributed by atoms with Gasteiger partial charge in [0.2, 0.25) is 0 Å². The Morgan fingerprint density at radius 3 is 2.53 bits per heavy atom. The van der Waals surface area contributed by atoms with E-state index in [-0.39, 0.29) is 0 Å². The minimum Gasteiger partial charge on any atom is -0.368 e. The van der Waals surface area contributed by atoms with E-state index in [1.54, 1.807) is 0 Å². The molecule has 0 bridgehead atoms. The summed E-state index contributed by atoms with van der Waals surface area (Å²) in [6, 6.07) is 10.6. The molecule has 1 nitrogen and oxygen atoms in total. The third kappa shape index (κ3) is 4.20. The van der Waals surface area contributed by atoms with Gasteiger partial charge in [-0.3, -0.25) is 0 Å². The van der Waals surface area contributed by atoms with Gasteiger partial charge in [0, 0.05) is 18.8 Å². The third-order valence-corrected chi connectivity index (χ3v) is 2.50. The fourth-order valence-electron chi connectivity index (χ4n) is 1.67. The topological polar surface area (TPSA) is 3.24 Å². The summed E-state index contributed by atoms with van der Waals surface area (Å²) in [5.74, 6) is 0. The van der Waals surface area contributed by atoms with Crippen molar-refractivity contribution in [2.75, 3.05) is 18.0 Å². The monoisotopic (exact) mass is 203 g/mol. The van der Waals surface area contributed by atoms with Crippen molar-refractivity contribution in [3.8, 4) is 0 Å². The Morgan fingerprint density at radius 1 is 1.20 bits per heavy atom. The van der Waals surface area contributed by atoms with Gasteiger partial charge in [0.15, 0.2) is 0 Å². The first-order valence-corrected chi connectivity index (χ1v) is 5.79. The summed E-state index contributed by atoms with van der Waals surface area (Å²) < 4.78 is 0. The van der Waals surface area contributed by atoms with Gasteiger partial charge in [0.1, 0.15) is 0 Å². The summed E-state index contributed by atoms with van der Waals surface area (Å²) in [4.78, 5) is 2.38. The molecule has 1 aromatic carbocycles. The normalized spacial score (nSPS) is 9.93. The second kappa shape index (κ2) is 7.10. The van der Waals surface area contributed by atoms with Crippen LogP contribution >= 0.6 is 0 Å². The molecule has 0 aliphatic rings. The van der Waals surface area contributed by atoms with Crippen LogP contribution in [-0.4, -0.2) is 13.1 Å². The molecule has 0 N–H and O–H groups in total. The van der Waals surface area contributed by atoms with Crippen molar-refractivity contribution in [3.63, 3.8) is 0 Å². The lowest BCUT2D eigenvalue weighted by Gasteiger charge is -2.23. The second-order valence-corrected chi connectivity index (χ2v) is 3.78. The Bertz CT molecular complexity index is 266. The van der Waals surface area contributed by atoms with Crippen molar-refractivity contribution in [3.05, 3.63) is 43.0 Å². The first-order valence-electron chi connectivity index (χ1n) is 5.79.